The number of nitrogens with one attached hydrogen (secondary N) is 1. The van der Waals surface area contributed by atoms with E-state index in [1.54, 1.807) is 20.2 Å². The molecule has 1 aliphatic rings. The van der Waals surface area contributed by atoms with Gasteiger partial charge in [-0.25, -0.2) is 9.37 Å². The number of carbonyl (C=O) groups is 1. The number of hydrogen-bond acceptors (Lipinski definition) is 5. The summed E-state index contributed by atoms with van der Waals surface area (Å²) in [6.07, 6.45) is 5.07. The number of aromatic nitrogens is 2. The maximum Gasteiger partial charge on any atom is 0.239 e. The summed E-state index contributed by atoms with van der Waals surface area (Å²) in [5, 5.41) is 3.00. The highest BCUT2D eigenvalue weighted by atomic mass is 35.5. The molecule has 38 heavy (non-hydrogen) atoms. The molecule has 1 unspecified atom stereocenters. The van der Waals surface area contributed by atoms with Gasteiger partial charge in [-0.2, -0.15) is 0 Å². The molecule has 1 aliphatic heterocycles. The largest absolute Gasteiger partial charge is 0.482 e. The van der Waals surface area contributed by atoms with E-state index in [0.717, 1.165) is 42.8 Å². The molecule has 4 rings (SSSR count). The number of carbonyl (C=O) groups excluding carboxylic acids is 1. The molecule has 3 aromatic rings. The molecular weight excluding hydrogens is 528 g/mol. The lowest BCUT2D eigenvalue weighted by Gasteiger charge is -2.42. The number of nitrogens with zero attached hydrogens (tertiary/aromatic N) is 3. The van der Waals surface area contributed by atoms with E-state index in [2.05, 4.69) is 39.0 Å². The fraction of sp³-hybridized carbons (Fsp3) is 0.429. The molecule has 3 heterocycles. The maximum atomic E-state index is 14.0. The molecule has 1 saturated heterocycles. The second-order valence-corrected chi connectivity index (χ2v) is 11.0. The first kappa shape index (κ1) is 28.2. The van der Waals surface area contributed by atoms with Crippen LogP contribution in [0, 0.1) is 12.7 Å². The summed E-state index contributed by atoms with van der Waals surface area (Å²) in [6.45, 7) is 9.43. The third-order valence-electron chi connectivity index (χ3n) is 7.49. The average molecular weight is 563 g/mol. The van der Waals surface area contributed by atoms with Crippen molar-refractivity contribution in [3.8, 4) is 16.9 Å². The van der Waals surface area contributed by atoms with E-state index in [4.69, 9.17) is 33.7 Å². The standard InChI is InChI=1S/C28H34Cl2FN5O2/c1-16-12-19(15-36(16)20-8-10-35(11-9-20)28(3,4)27(37)33-5)18-13-23(26(32)34-14-18)38-17(2)24-21(29)6-7-22(31)25(24)30/h6-7,12-15,17,20H,8-11H2,1-5H3,(H2,32,34)(H,33,37). The molecule has 0 aliphatic carbocycles. The van der Waals surface area contributed by atoms with E-state index in [1.165, 1.54) is 12.1 Å². The Kier molecular flexibility index (Phi) is 8.26. The second kappa shape index (κ2) is 11.1. The van der Waals surface area contributed by atoms with Crippen molar-refractivity contribution in [3.63, 3.8) is 0 Å². The van der Waals surface area contributed by atoms with Gasteiger partial charge in [0.2, 0.25) is 5.91 Å². The Morgan fingerprint density at radius 1 is 1.24 bits per heavy atom. The van der Waals surface area contributed by atoms with Crippen molar-refractivity contribution in [2.45, 2.75) is 58.2 Å². The molecule has 0 radical (unpaired) electrons. The van der Waals surface area contributed by atoms with Crippen molar-refractivity contribution in [3.05, 3.63) is 63.8 Å². The highest BCUT2D eigenvalue weighted by Crippen LogP contribution is 2.38. The predicted octanol–water partition coefficient (Wildman–Crippen LogP) is 6.19. The first-order valence-corrected chi connectivity index (χ1v) is 13.4. The van der Waals surface area contributed by atoms with Gasteiger partial charge in [0.15, 0.2) is 11.6 Å². The number of rotatable bonds is 7. The minimum atomic E-state index is -0.652. The van der Waals surface area contributed by atoms with Crippen molar-refractivity contribution in [2.24, 2.45) is 0 Å². The highest BCUT2D eigenvalue weighted by Gasteiger charge is 2.36. The van der Waals surface area contributed by atoms with Crippen LogP contribution in [0.2, 0.25) is 10.0 Å². The number of piperidine rings is 1. The average Bonchev–Trinajstić information content (AvgIpc) is 3.28. The monoisotopic (exact) mass is 561 g/mol. The first-order chi connectivity index (χ1) is 17.9. The quantitative estimate of drug-likeness (QED) is 0.336. The number of nitrogens with two attached hydrogens (primary N) is 1. The van der Waals surface area contributed by atoms with Gasteiger partial charge in [-0.1, -0.05) is 23.2 Å². The maximum absolute atomic E-state index is 14.0. The Hall–Kier alpha value is -2.81. The number of ether oxygens (including phenoxy) is 1. The number of likely N-dealkylation sites (N-methyl/N-ethyl adjacent to an activating group) is 1. The van der Waals surface area contributed by atoms with Crippen LogP contribution in [0.5, 0.6) is 5.75 Å². The van der Waals surface area contributed by atoms with Crippen molar-refractivity contribution in [1.29, 1.82) is 0 Å². The van der Waals surface area contributed by atoms with Crippen LogP contribution in [0.15, 0.2) is 36.7 Å². The van der Waals surface area contributed by atoms with Gasteiger partial charge in [0.1, 0.15) is 11.9 Å². The SMILES string of the molecule is CNC(=O)C(C)(C)N1CCC(n2cc(-c3cnc(N)c(OC(C)c4c(Cl)ccc(F)c4Cl)c3)cc2C)CC1. The van der Waals surface area contributed by atoms with Gasteiger partial charge in [-0.3, -0.25) is 9.69 Å². The van der Waals surface area contributed by atoms with E-state index in [1.807, 2.05) is 19.9 Å². The molecule has 0 saturated carbocycles. The van der Waals surface area contributed by atoms with Crippen molar-refractivity contribution >= 4 is 34.9 Å². The van der Waals surface area contributed by atoms with Crippen molar-refractivity contribution in [2.75, 3.05) is 25.9 Å². The predicted molar refractivity (Wildman–Crippen MR) is 150 cm³/mol. The molecule has 7 nitrogen and oxygen atoms in total. The first-order valence-electron chi connectivity index (χ1n) is 12.7. The zero-order chi connectivity index (χ0) is 27.8. The van der Waals surface area contributed by atoms with E-state index in [-0.39, 0.29) is 16.7 Å². The molecule has 1 amide bonds. The Labute approximate surface area is 233 Å². The van der Waals surface area contributed by atoms with Crippen LogP contribution in [-0.4, -0.2) is 46.0 Å². The Morgan fingerprint density at radius 2 is 1.92 bits per heavy atom. The normalized spacial score (nSPS) is 15.9. The van der Waals surface area contributed by atoms with Crippen molar-refractivity contribution in [1.82, 2.24) is 19.8 Å². The number of aryl methyl sites for hydroxylation is 1. The van der Waals surface area contributed by atoms with Crippen LogP contribution >= 0.6 is 23.2 Å². The molecule has 1 aromatic carbocycles. The summed E-state index contributed by atoms with van der Waals surface area (Å²) >= 11 is 12.4. The smallest absolute Gasteiger partial charge is 0.239 e. The van der Waals surface area contributed by atoms with E-state index in [9.17, 15) is 9.18 Å². The van der Waals surface area contributed by atoms with Crippen LogP contribution in [0.4, 0.5) is 10.2 Å². The molecule has 204 valence electrons. The van der Waals surface area contributed by atoms with Crippen LogP contribution in [0.1, 0.15) is 57.0 Å². The summed E-state index contributed by atoms with van der Waals surface area (Å²) in [4.78, 5) is 18.9. The van der Waals surface area contributed by atoms with E-state index >= 15 is 0 Å². The molecule has 10 heteroatoms. The number of halogens is 3. The van der Waals surface area contributed by atoms with Crippen molar-refractivity contribution < 1.29 is 13.9 Å². The molecule has 1 atom stereocenters. The molecule has 3 N–H and O–H groups in total. The lowest BCUT2D eigenvalue weighted by Crippen LogP contribution is -2.56. The summed E-state index contributed by atoms with van der Waals surface area (Å²) in [5.74, 6) is 0.0368. The zero-order valence-corrected chi connectivity index (χ0v) is 23.8. The summed E-state index contributed by atoms with van der Waals surface area (Å²) in [5.41, 5.74) is 8.90. The number of benzene rings is 1. The van der Waals surface area contributed by atoms with Gasteiger partial charge in [0.05, 0.1) is 10.6 Å². The fourth-order valence-corrected chi connectivity index (χ4v) is 5.84. The number of amides is 1. The van der Waals surface area contributed by atoms with Gasteiger partial charge in [0.25, 0.3) is 0 Å². The second-order valence-electron chi connectivity index (χ2n) is 10.3. The van der Waals surface area contributed by atoms with Crippen LogP contribution in [0.3, 0.4) is 0 Å². The lowest BCUT2D eigenvalue weighted by molar-refractivity contribution is -0.132. The van der Waals surface area contributed by atoms with Crippen LogP contribution in [0.25, 0.3) is 11.1 Å². The number of hydrogen-bond donors (Lipinski definition) is 2. The summed E-state index contributed by atoms with van der Waals surface area (Å²) in [7, 11) is 1.68. The van der Waals surface area contributed by atoms with Gasteiger partial charge in [-0.15, -0.1) is 0 Å². The molecule has 0 bridgehead atoms. The third kappa shape index (κ3) is 5.48. The van der Waals surface area contributed by atoms with Gasteiger partial charge >= 0.3 is 0 Å². The summed E-state index contributed by atoms with van der Waals surface area (Å²) < 4.78 is 22.4. The third-order valence-corrected chi connectivity index (χ3v) is 8.20. The van der Waals surface area contributed by atoms with E-state index in [0.29, 0.717) is 22.4 Å². The Bertz CT molecular complexity index is 1340. The highest BCUT2D eigenvalue weighted by molar-refractivity contribution is 6.36. The van der Waals surface area contributed by atoms with Crippen LogP contribution in [-0.2, 0) is 4.79 Å². The minimum absolute atomic E-state index is 0.0283. The number of likely N-dealkylation sites (tertiary alicyclic amines) is 1. The molecule has 0 spiro atoms. The van der Waals surface area contributed by atoms with Gasteiger partial charge < -0.3 is 20.4 Å². The Balaban J connectivity index is 1.52. The Morgan fingerprint density at radius 3 is 2.58 bits per heavy atom. The lowest BCUT2D eigenvalue weighted by atomic mass is 9.95. The molecule has 1 fully saturated rings. The fourth-order valence-electron chi connectivity index (χ4n) is 5.16. The topological polar surface area (TPSA) is 85.4 Å². The minimum Gasteiger partial charge on any atom is -0.482 e. The number of pyridine rings is 1. The van der Waals surface area contributed by atoms with Gasteiger partial charge in [0, 0.05) is 66.0 Å². The van der Waals surface area contributed by atoms with Crippen LogP contribution < -0.4 is 15.8 Å². The van der Waals surface area contributed by atoms with Gasteiger partial charge in [-0.05, 0) is 64.8 Å². The number of anilines is 1. The zero-order valence-electron chi connectivity index (χ0n) is 22.3. The van der Waals surface area contributed by atoms with E-state index < -0.39 is 17.5 Å². The molecule has 2 aromatic heterocycles. The number of nitrogen functional groups attached to an aromatic ring is 1. The molecular formula is C28H34Cl2FN5O2. The summed E-state index contributed by atoms with van der Waals surface area (Å²) in [6, 6.07) is 6.94.